The molecule has 0 aliphatic carbocycles. The average Bonchev–Trinajstić information content (AvgIpc) is 2.43. The molecule has 0 saturated carbocycles. The fourth-order valence-corrected chi connectivity index (χ4v) is 3.47. The largest absolute Gasteiger partial charge is 0.326 e. The second-order valence-corrected chi connectivity index (χ2v) is 7.20. The van der Waals surface area contributed by atoms with Gasteiger partial charge in [0.1, 0.15) is 10.7 Å². The van der Waals surface area contributed by atoms with Crippen molar-refractivity contribution in [1.29, 1.82) is 0 Å². The van der Waals surface area contributed by atoms with Crippen molar-refractivity contribution in [3.63, 3.8) is 0 Å². The van der Waals surface area contributed by atoms with Gasteiger partial charge in [-0.05, 0) is 36.4 Å². The van der Waals surface area contributed by atoms with Crippen molar-refractivity contribution in [2.75, 3.05) is 4.72 Å². The van der Waals surface area contributed by atoms with E-state index in [1.807, 2.05) is 0 Å². The van der Waals surface area contributed by atoms with Gasteiger partial charge in [0.25, 0.3) is 10.0 Å². The Hall–Kier alpha value is -1.15. The van der Waals surface area contributed by atoms with Crippen molar-refractivity contribution >= 4 is 43.2 Å². The number of nitrogens with two attached hydrogens (primary N) is 1. The molecule has 0 unspecified atom stereocenters. The third kappa shape index (κ3) is 3.74. The molecule has 0 aromatic heterocycles. The van der Waals surface area contributed by atoms with Crippen molar-refractivity contribution in [2.24, 2.45) is 5.73 Å². The third-order valence-electron chi connectivity index (χ3n) is 2.69. The first kappa shape index (κ1) is 16.2. The third-order valence-corrected chi connectivity index (χ3v) is 4.81. The molecule has 0 heterocycles. The fraction of sp³-hybridized carbons (Fsp3) is 0.0769. The van der Waals surface area contributed by atoms with Crippen LogP contribution in [0.1, 0.15) is 5.56 Å². The zero-order valence-electron chi connectivity index (χ0n) is 10.6. The van der Waals surface area contributed by atoms with E-state index in [-0.39, 0.29) is 17.1 Å². The Bertz CT molecular complexity index is 766. The van der Waals surface area contributed by atoms with E-state index < -0.39 is 20.7 Å². The van der Waals surface area contributed by atoms with Crippen LogP contribution in [0.3, 0.4) is 0 Å². The maximum absolute atomic E-state index is 14.2. The second kappa shape index (κ2) is 6.31. The van der Waals surface area contributed by atoms with Crippen LogP contribution in [0.2, 0.25) is 5.02 Å². The van der Waals surface area contributed by atoms with E-state index in [4.69, 9.17) is 17.3 Å². The van der Waals surface area contributed by atoms with Gasteiger partial charge in [-0.3, -0.25) is 4.72 Å². The predicted molar refractivity (Wildman–Crippen MR) is 84.3 cm³/mol. The number of hydrogen-bond acceptors (Lipinski definition) is 3. The molecule has 0 spiro atoms. The molecule has 3 N–H and O–H groups in total. The van der Waals surface area contributed by atoms with Gasteiger partial charge in [-0.2, -0.15) is 0 Å². The Balaban J connectivity index is 2.44. The Morgan fingerprint density at radius 3 is 2.43 bits per heavy atom. The lowest BCUT2D eigenvalue weighted by molar-refractivity contribution is 0.561. The van der Waals surface area contributed by atoms with E-state index >= 15 is 0 Å². The molecule has 4 nitrogen and oxygen atoms in total. The highest BCUT2D eigenvalue weighted by molar-refractivity contribution is 9.10. The van der Waals surface area contributed by atoms with Crippen molar-refractivity contribution in [2.45, 2.75) is 11.4 Å². The van der Waals surface area contributed by atoms with Crippen molar-refractivity contribution in [3.8, 4) is 0 Å². The molecule has 2 rings (SSSR count). The summed E-state index contributed by atoms with van der Waals surface area (Å²) in [6, 6.07) is 8.78. The van der Waals surface area contributed by atoms with Crippen LogP contribution in [0.25, 0.3) is 0 Å². The van der Waals surface area contributed by atoms with Crippen LogP contribution in [0, 0.1) is 5.82 Å². The average molecular weight is 394 g/mol. The Labute approximate surface area is 135 Å². The first-order valence-electron chi connectivity index (χ1n) is 5.80. The number of halogens is 3. The predicted octanol–water partition coefficient (Wildman–Crippen LogP) is 3.50. The van der Waals surface area contributed by atoms with Crippen LogP contribution in [0.5, 0.6) is 0 Å². The summed E-state index contributed by atoms with van der Waals surface area (Å²) in [7, 11) is -4.09. The molecule has 0 aliphatic heterocycles. The molecule has 0 fully saturated rings. The van der Waals surface area contributed by atoms with Gasteiger partial charge in [-0.15, -0.1) is 0 Å². The second-order valence-electron chi connectivity index (χ2n) is 4.19. The highest BCUT2D eigenvalue weighted by Crippen LogP contribution is 2.26. The van der Waals surface area contributed by atoms with Crippen LogP contribution >= 0.6 is 27.5 Å². The molecule has 0 atom stereocenters. The summed E-state index contributed by atoms with van der Waals surface area (Å²) in [6.45, 7) is -0.146. The molecule has 0 bridgehead atoms. The summed E-state index contributed by atoms with van der Waals surface area (Å²) >= 11 is 9.05. The van der Waals surface area contributed by atoms with E-state index in [1.165, 1.54) is 6.07 Å². The quantitative estimate of drug-likeness (QED) is 0.835. The molecule has 112 valence electrons. The van der Waals surface area contributed by atoms with Crippen LogP contribution in [0.4, 0.5) is 10.1 Å². The molecule has 21 heavy (non-hydrogen) atoms. The van der Waals surface area contributed by atoms with E-state index in [1.54, 1.807) is 24.3 Å². The number of anilines is 1. The minimum atomic E-state index is -4.09. The highest BCUT2D eigenvalue weighted by Gasteiger charge is 2.22. The first-order chi connectivity index (χ1) is 9.83. The topological polar surface area (TPSA) is 72.2 Å². The molecular weight excluding hydrogens is 383 g/mol. The lowest BCUT2D eigenvalue weighted by Gasteiger charge is -2.11. The van der Waals surface area contributed by atoms with Gasteiger partial charge in [-0.1, -0.05) is 27.5 Å². The monoisotopic (exact) mass is 392 g/mol. The van der Waals surface area contributed by atoms with Gasteiger partial charge in [0.15, 0.2) is 0 Å². The van der Waals surface area contributed by atoms with Gasteiger partial charge in [0.2, 0.25) is 0 Å². The maximum atomic E-state index is 14.2. The Kier molecular flexibility index (Phi) is 4.88. The van der Waals surface area contributed by atoms with Gasteiger partial charge in [-0.25, -0.2) is 12.8 Å². The van der Waals surface area contributed by atoms with Gasteiger partial charge >= 0.3 is 0 Å². The van der Waals surface area contributed by atoms with Gasteiger partial charge in [0.05, 0.1) is 0 Å². The summed E-state index contributed by atoms with van der Waals surface area (Å²) in [5, 5.41) is 0.105. The molecule has 0 aliphatic rings. The van der Waals surface area contributed by atoms with Crippen LogP contribution < -0.4 is 10.5 Å². The van der Waals surface area contributed by atoms with E-state index in [0.29, 0.717) is 5.69 Å². The summed E-state index contributed by atoms with van der Waals surface area (Å²) in [6.07, 6.45) is 0. The standard InChI is InChI=1S/C13H11BrClFN2O2S/c14-9-1-3-11(4-2-9)18-21(19,20)12-6-10(15)5-8(7-17)13(12)16/h1-6,18H,7,17H2. The van der Waals surface area contributed by atoms with E-state index in [0.717, 1.165) is 10.5 Å². The van der Waals surface area contributed by atoms with Crippen molar-refractivity contribution in [3.05, 3.63) is 57.3 Å². The lowest BCUT2D eigenvalue weighted by Crippen LogP contribution is -2.16. The number of hydrogen-bond donors (Lipinski definition) is 2. The number of nitrogens with one attached hydrogen (secondary N) is 1. The molecule has 2 aromatic rings. The summed E-state index contributed by atoms with van der Waals surface area (Å²) in [4.78, 5) is -0.529. The molecular formula is C13H11BrClFN2O2S. The van der Waals surface area contributed by atoms with Crippen molar-refractivity contribution in [1.82, 2.24) is 0 Å². The van der Waals surface area contributed by atoms with Crippen molar-refractivity contribution < 1.29 is 12.8 Å². The maximum Gasteiger partial charge on any atom is 0.264 e. The zero-order chi connectivity index (χ0) is 15.6. The van der Waals surface area contributed by atoms with E-state index in [2.05, 4.69) is 20.7 Å². The van der Waals surface area contributed by atoms with Crippen LogP contribution in [-0.4, -0.2) is 8.42 Å². The number of sulfonamides is 1. The summed E-state index contributed by atoms with van der Waals surface area (Å²) in [5.74, 6) is -0.897. The molecule has 8 heteroatoms. The SMILES string of the molecule is NCc1cc(Cl)cc(S(=O)(=O)Nc2ccc(Br)cc2)c1F. The van der Waals surface area contributed by atoms with Crippen LogP contribution in [0.15, 0.2) is 45.8 Å². The Morgan fingerprint density at radius 1 is 1.24 bits per heavy atom. The number of benzene rings is 2. The Morgan fingerprint density at radius 2 is 1.86 bits per heavy atom. The lowest BCUT2D eigenvalue weighted by atomic mass is 10.2. The van der Waals surface area contributed by atoms with E-state index in [9.17, 15) is 12.8 Å². The zero-order valence-corrected chi connectivity index (χ0v) is 13.8. The molecule has 0 saturated heterocycles. The normalized spacial score (nSPS) is 11.4. The summed E-state index contributed by atoms with van der Waals surface area (Å²) < 4.78 is 41.8. The minimum absolute atomic E-state index is 0.0404. The van der Waals surface area contributed by atoms with Gasteiger partial charge < -0.3 is 5.73 Å². The summed E-state index contributed by atoms with van der Waals surface area (Å²) in [5.41, 5.74) is 5.73. The first-order valence-corrected chi connectivity index (χ1v) is 8.45. The number of rotatable bonds is 4. The minimum Gasteiger partial charge on any atom is -0.326 e. The fourth-order valence-electron chi connectivity index (χ4n) is 1.69. The molecule has 2 aromatic carbocycles. The van der Waals surface area contributed by atoms with Crippen LogP contribution in [-0.2, 0) is 16.6 Å². The smallest absolute Gasteiger partial charge is 0.264 e. The molecule has 0 radical (unpaired) electrons. The highest BCUT2D eigenvalue weighted by atomic mass is 79.9. The molecule has 0 amide bonds. The van der Waals surface area contributed by atoms with Gasteiger partial charge in [0, 0.05) is 27.3 Å².